The van der Waals surface area contributed by atoms with E-state index in [0.717, 1.165) is 5.75 Å². The van der Waals surface area contributed by atoms with Crippen LogP contribution >= 0.6 is 0 Å². The monoisotopic (exact) mass is 354 g/mol. The molecule has 1 N–H and O–H groups in total. The minimum absolute atomic E-state index is 0.288. The van der Waals surface area contributed by atoms with Crippen LogP contribution in [-0.4, -0.2) is 31.2 Å². The summed E-state index contributed by atoms with van der Waals surface area (Å²) in [6.45, 7) is 2.43. The molecule has 2 aromatic carbocycles. The number of nitrogens with one attached hydrogen (secondary N) is 1. The number of carbonyl (C=O) groups is 1. The number of carbonyl (C=O) groups excluding carboxylic acids is 1. The quantitative estimate of drug-likeness (QED) is 0.688. The highest BCUT2D eigenvalue weighted by atomic mass is 19.1. The van der Waals surface area contributed by atoms with Crippen molar-refractivity contribution in [1.82, 2.24) is 10.3 Å². The number of nitrogens with zero attached hydrogens (tertiary/aromatic N) is 1. The number of benzene rings is 2. The highest BCUT2D eigenvalue weighted by Gasteiger charge is 2.12. The summed E-state index contributed by atoms with van der Waals surface area (Å²) in [5, 5.41) is 3.28. The zero-order chi connectivity index (χ0) is 18.5. The highest BCUT2D eigenvalue weighted by molar-refractivity contribution is 6.06. The van der Waals surface area contributed by atoms with Gasteiger partial charge in [-0.1, -0.05) is 0 Å². The van der Waals surface area contributed by atoms with Crippen LogP contribution in [0.4, 0.5) is 4.39 Å². The number of halogens is 1. The molecule has 0 aliphatic heterocycles. The predicted molar refractivity (Wildman–Crippen MR) is 97.3 cm³/mol. The fourth-order valence-electron chi connectivity index (χ4n) is 2.62. The van der Waals surface area contributed by atoms with Gasteiger partial charge in [0.1, 0.15) is 23.9 Å². The molecule has 0 radical (unpaired) electrons. The van der Waals surface area contributed by atoms with Crippen molar-refractivity contribution in [3.8, 4) is 11.5 Å². The number of hydrogen-bond acceptors (Lipinski definition) is 4. The van der Waals surface area contributed by atoms with Gasteiger partial charge in [-0.2, -0.15) is 0 Å². The number of fused-ring (bicyclic) bond motifs is 1. The first kappa shape index (κ1) is 17.7. The van der Waals surface area contributed by atoms with E-state index in [2.05, 4.69) is 10.3 Å². The molecule has 5 nitrogen and oxygen atoms in total. The van der Waals surface area contributed by atoms with E-state index in [1.807, 2.05) is 0 Å². The molecule has 26 heavy (non-hydrogen) atoms. The average Bonchev–Trinajstić information content (AvgIpc) is 2.65. The van der Waals surface area contributed by atoms with Crippen molar-refractivity contribution in [3.63, 3.8) is 0 Å². The van der Waals surface area contributed by atoms with Crippen LogP contribution in [0.1, 0.15) is 16.1 Å². The minimum Gasteiger partial charge on any atom is -0.497 e. The highest BCUT2D eigenvalue weighted by Crippen LogP contribution is 2.20. The lowest BCUT2D eigenvalue weighted by atomic mass is 10.1. The average molecular weight is 354 g/mol. The molecule has 3 rings (SSSR count). The van der Waals surface area contributed by atoms with Crippen molar-refractivity contribution in [2.24, 2.45) is 0 Å². The first-order valence-corrected chi connectivity index (χ1v) is 8.19. The summed E-state index contributed by atoms with van der Waals surface area (Å²) in [7, 11) is 1.60. The zero-order valence-electron chi connectivity index (χ0n) is 14.6. The molecule has 0 aliphatic rings. The Balaban J connectivity index is 1.63. The van der Waals surface area contributed by atoms with Gasteiger partial charge in [0.05, 0.1) is 24.7 Å². The third-order valence-corrected chi connectivity index (χ3v) is 3.86. The maximum absolute atomic E-state index is 13.5. The van der Waals surface area contributed by atoms with Gasteiger partial charge in [-0.25, -0.2) is 4.39 Å². The Hall–Kier alpha value is -3.15. The van der Waals surface area contributed by atoms with Crippen LogP contribution in [0.3, 0.4) is 0 Å². The molecule has 1 amide bonds. The fraction of sp³-hybridized carbons (Fsp3) is 0.200. The predicted octanol–water partition coefficient (Wildman–Crippen LogP) is 3.50. The lowest BCUT2D eigenvalue weighted by molar-refractivity contribution is 0.0948. The number of ether oxygens (including phenoxy) is 2. The normalized spacial score (nSPS) is 10.6. The van der Waals surface area contributed by atoms with E-state index in [9.17, 15) is 9.18 Å². The Kier molecular flexibility index (Phi) is 5.31. The van der Waals surface area contributed by atoms with E-state index in [4.69, 9.17) is 9.47 Å². The summed E-state index contributed by atoms with van der Waals surface area (Å²) >= 11 is 0. The molecule has 0 saturated heterocycles. The Morgan fingerprint density at radius 2 is 1.85 bits per heavy atom. The molecule has 0 unspecified atom stereocenters. The summed E-state index contributed by atoms with van der Waals surface area (Å²) in [6, 6.07) is 13.1. The Morgan fingerprint density at radius 3 is 2.58 bits per heavy atom. The Labute approximate surface area is 150 Å². The molecule has 6 heteroatoms. The van der Waals surface area contributed by atoms with Crippen molar-refractivity contribution >= 4 is 16.8 Å². The largest absolute Gasteiger partial charge is 0.497 e. The summed E-state index contributed by atoms with van der Waals surface area (Å²) < 4.78 is 24.2. The molecule has 0 fully saturated rings. The molecule has 1 heterocycles. The first-order valence-electron chi connectivity index (χ1n) is 8.19. The second-order valence-corrected chi connectivity index (χ2v) is 5.75. The summed E-state index contributed by atoms with van der Waals surface area (Å²) in [5.41, 5.74) is 1.69. The molecule has 0 bridgehead atoms. The third-order valence-electron chi connectivity index (χ3n) is 3.86. The molecule has 3 aromatic rings. The zero-order valence-corrected chi connectivity index (χ0v) is 14.6. The van der Waals surface area contributed by atoms with Crippen molar-refractivity contribution in [2.45, 2.75) is 6.92 Å². The topological polar surface area (TPSA) is 60.5 Å². The molecular weight excluding hydrogens is 335 g/mol. The minimum atomic E-state index is -0.403. The maximum atomic E-state index is 13.5. The standard InChI is InChI=1S/C20H19FN2O3/c1-13-11-18(17-12-14(21)3-8-19(17)23-13)20(24)22-9-10-26-16-6-4-15(25-2)5-7-16/h3-8,11-12H,9-10H2,1-2H3,(H,22,24). The van der Waals surface area contributed by atoms with Crippen molar-refractivity contribution in [3.05, 3.63) is 65.6 Å². The lowest BCUT2D eigenvalue weighted by Crippen LogP contribution is -2.28. The number of rotatable bonds is 6. The smallest absolute Gasteiger partial charge is 0.252 e. The van der Waals surface area contributed by atoms with Crippen molar-refractivity contribution in [1.29, 1.82) is 0 Å². The van der Waals surface area contributed by atoms with Crippen molar-refractivity contribution < 1.29 is 18.7 Å². The molecule has 1 aromatic heterocycles. The summed E-state index contributed by atoms with van der Waals surface area (Å²) in [4.78, 5) is 16.8. The fourth-order valence-corrected chi connectivity index (χ4v) is 2.62. The number of pyridine rings is 1. The van der Waals surface area contributed by atoms with E-state index in [-0.39, 0.29) is 5.91 Å². The van der Waals surface area contributed by atoms with Gasteiger partial charge < -0.3 is 14.8 Å². The number of hydrogen-bond donors (Lipinski definition) is 1. The van der Waals surface area contributed by atoms with Gasteiger partial charge in [0.25, 0.3) is 5.91 Å². The van der Waals surface area contributed by atoms with Crippen LogP contribution < -0.4 is 14.8 Å². The SMILES string of the molecule is COc1ccc(OCCNC(=O)c2cc(C)nc3ccc(F)cc23)cc1. The molecule has 0 saturated carbocycles. The molecule has 134 valence electrons. The molecule has 0 atom stereocenters. The van der Waals surface area contributed by atoms with Gasteiger partial charge in [-0.15, -0.1) is 0 Å². The Morgan fingerprint density at radius 1 is 1.12 bits per heavy atom. The summed E-state index contributed by atoms with van der Waals surface area (Å²) in [6.07, 6.45) is 0. The van der Waals surface area contributed by atoms with Crippen LogP contribution in [0.25, 0.3) is 10.9 Å². The number of aryl methyl sites for hydroxylation is 1. The lowest BCUT2D eigenvalue weighted by Gasteiger charge is -2.10. The van der Waals surface area contributed by atoms with Gasteiger partial charge in [-0.3, -0.25) is 9.78 Å². The van der Waals surface area contributed by atoms with E-state index in [0.29, 0.717) is 41.1 Å². The van der Waals surface area contributed by atoms with E-state index >= 15 is 0 Å². The van der Waals surface area contributed by atoms with E-state index < -0.39 is 5.82 Å². The second-order valence-electron chi connectivity index (χ2n) is 5.75. The van der Waals surface area contributed by atoms with Gasteiger partial charge in [0.15, 0.2) is 0 Å². The third kappa shape index (κ3) is 4.08. The molecule has 0 spiro atoms. The van der Waals surface area contributed by atoms with Crippen LogP contribution in [0.2, 0.25) is 0 Å². The number of methoxy groups -OCH3 is 1. The van der Waals surface area contributed by atoms with Crippen LogP contribution in [0.15, 0.2) is 48.5 Å². The molecular formula is C20H19FN2O3. The maximum Gasteiger partial charge on any atom is 0.252 e. The van der Waals surface area contributed by atoms with Gasteiger partial charge >= 0.3 is 0 Å². The summed E-state index contributed by atoms with van der Waals surface area (Å²) in [5.74, 6) is 0.745. The van der Waals surface area contributed by atoms with Crippen LogP contribution in [0, 0.1) is 12.7 Å². The van der Waals surface area contributed by atoms with E-state index in [1.54, 1.807) is 50.4 Å². The first-order chi connectivity index (χ1) is 12.6. The second kappa shape index (κ2) is 7.82. The van der Waals surface area contributed by atoms with Crippen LogP contribution in [0.5, 0.6) is 11.5 Å². The van der Waals surface area contributed by atoms with Gasteiger partial charge in [0, 0.05) is 11.1 Å². The Bertz CT molecular complexity index is 926. The number of aromatic nitrogens is 1. The van der Waals surface area contributed by atoms with Gasteiger partial charge in [-0.05, 0) is 55.5 Å². The number of amides is 1. The van der Waals surface area contributed by atoms with E-state index in [1.165, 1.54) is 12.1 Å². The molecule has 0 aliphatic carbocycles. The van der Waals surface area contributed by atoms with Gasteiger partial charge in [0.2, 0.25) is 0 Å². The van der Waals surface area contributed by atoms with Crippen LogP contribution in [-0.2, 0) is 0 Å². The van der Waals surface area contributed by atoms with Crippen molar-refractivity contribution in [2.75, 3.05) is 20.3 Å².